The van der Waals surface area contributed by atoms with Crippen molar-refractivity contribution < 1.29 is 19.1 Å². The maximum Gasteiger partial charge on any atom is 0.269 e. The Kier molecular flexibility index (Phi) is 10.4. The van der Waals surface area contributed by atoms with Gasteiger partial charge in [-0.1, -0.05) is 52.8 Å². The molecule has 0 aliphatic carbocycles. The zero-order chi connectivity index (χ0) is 29.3. The van der Waals surface area contributed by atoms with E-state index in [0.29, 0.717) is 40.7 Å². The molecule has 210 valence electrons. The molecule has 3 rings (SSSR count). The van der Waals surface area contributed by atoms with Crippen LogP contribution in [0.15, 0.2) is 72.8 Å². The molecule has 9 heteroatoms. The lowest BCUT2D eigenvalue weighted by molar-refractivity contribution is 0.0934. The molecule has 3 aromatic carbocycles. The van der Waals surface area contributed by atoms with Crippen LogP contribution in [0.25, 0.3) is 0 Å². The first-order valence-electron chi connectivity index (χ1n) is 13.1. The molecule has 40 heavy (non-hydrogen) atoms. The fourth-order valence-electron chi connectivity index (χ4n) is 3.56. The van der Waals surface area contributed by atoms with E-state index in [2.05, 4.69) is 56.1 Å². The number of hydrogen-bond donors (Lipinski definition) is 4. The lowest BCUT2D eigenvalue weighted by atomic mass is 9.87. The second-order valence-electron chi connectivity index (χ2n) is 10.8. The minimum atomic E-state index is -0.465. The van der Waals surface area contributed by atoms with E-state index in [1.54, 1.807) is 60.7 Å². The monoisotopic (exact) mass is 560 g/mol. The highest BCUT2D eigenvalue weighted by Gasteiger charge is 2.15. The van der Waals surface area contributed by atoms with Gasteiger partial charge < -0.3 is 10.1 Å². The molecule has 3 amide bonds. The summed E-state index contributed by atoms with van der Waals surface area (Å²) < 4.78 is 5.70. The van der Waals surface area contributed by atoms with Crippen molar-refractivity contribution in [1.29, 1.82) is 0 Å². The highest BCUT2D eigenvalue weighted by molar-refractivity contribution is 7.80. The van der Waals surface area contributed by atoms with Crippen LogP contribution < -0.4 is 26.2 Å². The third-order valence-corrected chi connectivity index (χ3v) is 6.20. The van der Waals surface area contributed by atoms with Crippen LogP contribution in [0.2, 0.25) is 0 Å². The topological polar surface area (TPSA) is 109 Å². The Morgan fingerprint density at radius 3 is 2.05 bits per heavy atom. The average Bonchev–Trinajstić information content (AvgIpc) is 2.91. The molecule has 0 aliphatic rings. The summed E-state index contributed by atoms with van der Waals surface area (Å²) in [5.41, 5.74) is 7.92. The molecule has 8 nitrogen and oxygen atoms in total. The van der Waals surface area contributed by atoms with E-state index < -0.39 is 11.8 Å². The van der Waals surface area contributed by atoms with Crippen molar-refractivity contribution in [3.63, 3.8) is 0 Å². The zero-order valence-electron chi connectivity index (χ0n) is 23.5. The van der Waals surface area contributed by atoms with Crippen LogP contribution in [0.3, 0.4) is 0 Å². The number of hydrazine groups is 1. The Balaban J connectivity index is 1.47. The summed E-state index contributed by atoms with van der Waals surface area (Å²) in [6, 6.07) is 20.7. The molecular formula is C31H36N4O4S. The van der Waals surface area contributed by atoms with Crippen LogP contribution >= 0.6 is 12.2 Å². The highest BCUT2D eigenvalue weighted by Crippen LogP contribution is 2.22. The normalized spacial score (nSPS) is 10.9. The molecule has 0 heterocycles. The summed E-state index contributed by atoms with van der Waals surface area (Å²) in [7, 11) is 0. The van der Waals surface area contributed by atoms with Gasteiger partial charge in [0.25, 0.3) is 17.7 Å². The lowest BCUT2D eigenvalue weighted by Gasteiger charge is -2.19. The van der Waals surface area contributed by atoms with Crippen LogP contribution in [0.5, 0.6) is 5.75 Å². The molecule has 4 N–H and O–H groups in total. The Hall–Kier alpha value is -4.24. The molecule has 0 fully saturated rings. The van der Waals surface area contributed by atoms with Gasteiger partial charge in [0.15, 0.2) is 5.11 Å². The van der Waals surface area contributed by atoms with Gasteiger partial charge in [0.1, 0.15) is 5.75 Å². The van der Waals surface area contributed by atoms with Gasteiger partial charge in [0.05, 0.1) is 6.61 Å². The van der Waals surface area contributed by atoms with Crippen molar-refractivity contribution in [3.8, 4) is 5.75 Å². The van der Waals surface area contributed by atoms with Gasteiger partial charge >= 0.3 is 0 Å². The van der Waals surface area contributed by atoms with Crippen molar-refractivity contribution in [2.45, 2.75) is 46.5 Å². The number of thiocarbonyl (C=S) groups is 1. The van der Waals surface area contributed by atoms with Crippen molar-refractivity contribution in [2.75, 3.05) is 11.9 Å². The number of rotatable bonds is 8. The number of nitrogens with one attached hydrogen (secondary N) is 4. The van der Waals surface area contributed by atoms with Crippen molar-refractivity contribution in [2.24, 2.45) is 5.92 Å². The third-order valence-electron chi connectivity index (χ3n) is 5.99. The average molecular weight is 561 g/mol. The number of hydrogen-bond acceptors (Lipinski definition) is 5. The maximum absolute atomic E-state index is 12.6. The van der Waals surface area contributed by atoms with E-state index in [4.69, 9.17) is 17.0 Å². The molecular weight excluding hydrogens is 524 g/mol. The molecule has 0 aromatic heterocycles. The van der Waals surface area contributed by atoms with Gasteiger partial charge in [-0.25, -0.2) is 0 Å². The number of benzene rings is 3. The molecule has 0 unspecified atom stereocenters. The van der Waals surface area contributed by atoms with Gasteiger partial charge in [-0.2, -0.15) is 0 Å². The summed E-state index contributed by atoms with van der Waals surface area (Å²) in [5, 5.41) is 5.29. The Bertz CT molecular complexity index is 1350. The first-order valence-corrected chi connectivity index (χ1v) is 13.5. The highest BCUT2D eigenvalue weighted by atomic mass is 32.1. The van der Waals surface area contributed by atoms with Crippen LogP contribution in [0, 0.1) is 5.92 Å². The Morgan fingerprint density at radius 1 is 0.800 bits per heavy atom. The predicted octanol–water partition coefficient (Wildman–Crippen LogP) is 5.61. The standard InChI is InChI=1S/C31H36N4O4S/c1-20(2)17-18-39-26-8-6-7-23(19-26)28(37)33-30(40)35-34-29(38)22-11-15-25(16-12-22)32-27(36)21-9-13-24(14-10-21)31(3,4)5/h6-16,19-20H,17-18H2,1-5H3,(H,32,36)(H,34,38)(H2,33,35,37,40). The number of ether oxygens (including phenoxy) is 1. The van der Waals surface area contributed by atoms with E-state index in [1.807, 2.05) is 12.1 Å². The molecule has 0 radical (unpaired) electrons. The quantitative estimate of drug-likeness (QED) is 0.211. The second kappa shape index (κ2) is 13.7. The van der Waals surface area contributed by atoms with Crippen LogP contribution in [0.1, 0.15) is 77.7 Å². The smallest absolute Gasteiger partial charge is 0.269 e. The second-order valence-corrected chi connectivity index (χ2v) is 11.2. The first-order chi connectivity index (χ1) is 18.9. The van der Waals surface area contributed by atoms with Gasteiger partial charge in [-0.15, -0.1) is 0 Å². The fourth-order valence-corrected chi connectivity index (χ4v) is 3.71. The lowest BCUT2D eigenvalue weighted by Crippen LogP contribution is -2.48. The van der Waals surface area contributed by atoms with Crippen molar-refractivity contribution in [3.05, 3.63) is 95.1 Å². The van der Waals surface area contributed by atoms with Gasteiger partial charge in [0, 0.05) is 22.4 Å². The summed E-state index contributed by atoms with van der Waals surface area (Å²) in [5.74, 6) is -0.0282. The van der Waals surface area contributed by atoms with Gasteiger partial charge in [-0.05, 0) is 90.1 Å². The minimum absolute atomic E-state index is 0.00360. The Morgan fingerprint density at radius 2 is 1.43 bits per heavy atom. The summed E-state index contributed by atoms with van der Waals surface area (Å²) >= 11 is 5.14. The first kappa shape index (κ1) is 30.3. The number of amides is 3. The molecule has 0 bridgehead atoms. The largest absolute Gasteiger partial charge is 0.494 e. The van der Waals surface area contributed by atoms with E-state index >= 15 is 0 Å². The third kappa shape index (κ3) is 9.20. The van der Waals surface area contributed by atoms with Crippen LogP contribution in [-0.4, -0.2) is 29.4 Å². The zero-order valence-corrected chi connectivity index (χ0v) is 24.3. The van der Waals surface area contributed by atoms with E-state index in [1.165, 1.54) is 0 Å². The number of carbonyl (C=O) groups is 3. The van der Waals surface area contributed by atoms with E-state index in [0.717, 1.165) is 12.0 Å². The van der Waals surface area contributed by atoms with Crippen molar-refractivity contribution >= 4 is 40.7 Å². The Labute approximate surface area is 240 Å². The summed E-state index contributed by atoms with van der Waals surface area (Å²) in [6.45, 7) is 11.1. The van der Waals surface area contributed by atoms with E-state index in [9.17, 15) is 14.4 Å². The van der Waals surface area contributed by atoms with Crippen LogP contribution in [-0.2, 0) is 5.41 Å². The number of anilines is 1. The van der Waals surface area contributed by atoms with E-state index in [-0.39, 0.29) is 16.4 Å². The molecule has 0 atom stereocenters. The molecule has 3 aromatic rings. The molecule has 0 saturated carbocycles. The summed E-state index contributed by atoms with van der Waals surface area (Å²) in [6.07, 6.45) is 0.910. The van der Waals surface area contributed by atoms with Gasteiger partial charge in [0.2, 0.25) is 0 Å². The summed E-state index contributed by atoms with van der Waals surface area (Å²) in [4.78, 5) is 37.7. The number of carbonyl (C=O) groups excluding carboxylic acids is 3. The maximum atomic E-state index is 12.6. The predicted molar refractivity (Wildman–Crippen MR) is 162 cm³/mol. The van der Waals surface area contributed by atoms with Gasteiger partial charge in [-0.3, -0.25) is 30.6 Å². The van der Waals surface area contributed by atoms with Crippen LogP contribution in [0.4, 0.5) is 5.69 Å². The molecule has 0 spiro atoms. The SMILES string of the molecule is CC(C)CCOc1cccc(C(=O)NC(=S)NNC(=O)c2ccc(NC(=O)c3ccc(C(C)(C)C)cc3)cc2)c1. The molecule has 0 saturated heterocycles. The van der Waals surface area contributed by atoms with Crippen molar-refractivity contribution in [1.82, 2.24) is 16.2 Å². The fraction of sp³-hybridized carbons (Fsp3) is 0.290. The molecule has 0 aliphatic heterocycles. The minimum Gasteiger partial charge on any atom is -0.494 e.